The summed E-state index contributed by atoms with van der Waals surface area (Å²) in [5.74, 6) is 1.27. The predicted octanol–water partition coefficient (Wildman–Crippen LogP) is 1.38. The Morgan fingerprint density at radius 3 is 2.92 bits per heavy atom. The number of ether oxygens (including phenoxy) is 1. The summed E-state index contributed by atoms with van der Waals surface area (Å²) in [6, 6.07) is 5.61. The minimum absolute atomic E-state index is 0.0554. The lowest BCUT2D eigenvalue weighted by Crippen LogP contribution is -2.43. The average Bonchev–Trinajstić information content (AvgIpc) is 2.64. The summed E-state index contributed by atoms with van der Waals surface area (Å²) >= 11 is 0. The second-order valence-corrected chi connectivity index (χ2v) is 6.41. The molecule has 9 nitrogen and oxygen atoms in total. The lowest BCUT2D eigenvalue weighted by Gasteiger charge is -2.29. The molecule has 1 aliphatic carbocycles. The average molecular weight is 355 g/mol. The maximum Gasteiger partial charge on any atom is 0.263 e. The second-order valence-electron chi connectivity index (χ2n) is 6.41. The van der Waals surface area contributed by atoms with Crippen molar-refractivity contribution >= 4 is 23.5 Å². The molecule has 2 aromatic heterocycles. The fourth-order valence-corrected chi connectivity index (χ4v) is 3.23. The lowest BCUT2D eigenvalue weighted by molar-refractivity contribution is 0.0879. The van der Waals surface area contributed by atoms with Crippen molar-refractivity contribution in [2.45, 2.75) is 37.8 Å². The SMILES string of the molecule is NC1CCCCC1Nc1nc(Nc2ccccn2)c2c(n1)OCNC2=O. The Hall–Kier alpha value is -2.94. The Bertz CT molecular complexity index is 799. The van der Waals surface area contributed by atoms with Crippen molar-refractivity contribution in [3.8, 4) is 5.88 Å². The molecule has 9 heteroatoms. The van der Waals surface area contributed by atoms with E-state index in [-0.39, 0.29) is 36.2 Å². The number of fused-ring (bicyclic) bond motifs is 1. The van der Waals surface area contributed by atoms with E-state index in [0.29, 0.717) is 17.6 Å². The summed E-state index contributed by atoms with van der Waals surface area (Å²) in [5.41, 5.74) is 6.47. The molecule has 1 saturated carbocycles. The number of carbonyl (C=O) groups excluding carboxylic acids is 1. The van der Waals surface area contributed by atoms with Crippen LogP contribution in [0.2, 0.25) is 0 Å². The first-order chi connectivity index (χ1) is 12.7. The highest BCUT2D eigenvalue weighted by Gasteiger charge is 2.28. The van der Waals surface area contributed by atoms with Gasteiger partial charge in [-0.2, -0.15) is 9.97 Å². The monoisotopic (exact) mass is 355 g/mol. The molecule has 1 fully saturated rings. The van der Waals surface area contributed by atoms with Crippen LogP contribution >= 0.6 is 0 Å². The summed E-state index contributed by atoms with van der Waals surface area (Å²) < 4.78 is 5.51. The number of rotatable bonds is 4. The Labute approximate surface area is 150 Å². The topological polar surface area (TPSA) is 127 Å². The van der Waals surface area contributed by atoms with Gasteiger partial charge in [0.05, 0.1) is 0 Å². The summed E-state index contributed by atoms with van der Waals surface area (Å²) in [6.45, 7) is 0.0776. The van der Waals surface area contributed by atoms with Gasteiger partial charge in [-0.15, -0.1) is 0 Å². The van der Waals surface area contributed by atoms with Crippen LogP contribution in [-0.2, 0) is 0 Å². The molecule has 0 bridgehead atoms. The van der Waals surface area contributed by atoms with Crippen LogP contribution in [0.3, 0.4) is 0 Å². The molecule has 0 radical (unpaired) electrons. The molecule has 4 rings (SSSR count). The summed E-state index contributed by atoms with van der Waals surface area (Å²) in [5, 5.41) is 9.01. The molecule has 2 unspecified atom stereocenters. The third-order valence-corrected chi connectivity index (χ3v) is 4.59. The van der Waals surface area contributed by atoms with Crippen molar-refractivity contribution < 1.29 is 9.53 Å². The van der Waals surface area contributed by atoms with Gasteiger partial charge in [-0.25, -0.2) is 4.98 Å². The molecule has 26 heavy (non-hydrogen) atoms. The van der Waals surface area contributed by atoms with Gasteiger partial charge < -0.3 is 26.4 Å². The third-order valence-electron chi connectivity index (χ3n) is 4.59. The van der Waals surface area contributed by atoms with Crippen LogP contribution in [0.15, 0.2) is 24.4 Å². The zero-order valence-corrected chi connectivity index (χ0v) is 14.2. The first-order valence-corrected chi connectivity index (χ1v) is 8.74. The van der Waals surface area contributed by atoms with E-state index in [1.54, 1.807) is 12.3 Å². The van der Waals surface area contributed by atoms with E-state index in [4.69, 9.17) is 10.5 Å². The van der Waals surface area contributed by atoms with Gasteiger partial charge in [0.25, 0.3) is 5.91 Å². The molecule has 1 amide bonds. The molecule has 0 aromatic carbocycles. The van der Waals surface area contributed by atoms with E-state index >= 15 is 0 Å². The zero-order valence-electron chi connectivity index (χ0n) is 14.2. The van der Waals surface area contributed by atoms with Gasteiger partial charge in [0, 0.05) is 18.3 Å². The number of anilines is 3. The Morgan fingerprint density at radius 1 is 1.23 bits per heavy atom. The number of nitrogens with one attached hydrogen (secondary N) is 3. The Morgan fingerprint density at radius 2 is 2.12 bits per heavy atom. The van der Waals surface area contributed by atoms with E-state index in [0.717, 1.165) is 25.7 Å². The molecular weight excluding hydrogens is 334 g/mol. The number of nitrogens with zero attached hydrogens (tertiary/aromatic N) is 3. The van der Waals surface area contributed by atoms with E-state index in [1.807, 2.05) is 12.1 Å². The fraction of sp³-hybridized carbons (Fsp3) is 0.412. The standard InChI is InChI=1S/C17H21N7O2/c18-10-5-1-2-6-11(10)21-17-23-14(22-12-7-3-4-8-19-12)13-15(25)20-9-26-16(13)24-17/h3-4,7-8,10-11H,1-2,5-6,9,18H2,(H,20,25)(H2,19,21,22,23,24). The van der Waals surface area contributed by atoms with Gasteiger partial charge >= 0.3 is 0 Å². The summed E-state index contributed by atoms with van der Waals surface area (Å²) in [6.07, 6.45) is 5.85. The van der Waals surface area contributed by atoms with Crippen LogP contribution in [0, 0.1) is 0 Å². The van der Waals surface area contributed by atoms with Crippen LogP contribution in [0.5, 0.6) is 5.88 Å². The highest BCUT2D eigenvalue weighted by Crippen LogP contribution is 2.30. The van der Waals surface area contributed by atoms with E-state index < -0.39 is 0 Å². The summed E-state index contributed by atoms with van der Waals surface area (Å²) in [4.78, 5) is 25.4. The van der Waals surface area contributed by atoms with Crippen molar-refractivity contribution in [2.75, 3.05) is 17.4 Å². The second kappa shape index (κ2) is 7.12. The molecular formula is C17H21N7O2. The highest BCUT2D eigenvalue weighted by atomic mass is 16.5. The minimum Gasteiger partial charge on any atom is -0.456 e. The normalized spacial score (nSPS) is 22.0. The lowest BCUT2D eigenvalue weighted by atomic mass is 9.91. The number of nitrogens with two attached hydrogens (primary N) is 1. The van der Waals surface area contributed by atoms with E-state index in [2.05, 4.69) is 30.9 Å². The third kappa shape index (κ3) is 3.38. The van der Waals surface area contributed by atoms with Crippen molar-refractivity contribution in [1.82, 2.24) is 20.3 Å². The highest BCUT2D eigenvalue weighted by molar-refractivity contribution is 6.02. The van der Waals surface area contributed by atoms with Gasteiger partial charge in [0.2, 0.25) is 11.8 Å². The van der Waals surface area contributed by atoms with Crippen molar-refractivity contribution in [2.24, 2.45) is 5.73 Å². The van der Waals surface area contributed by atoms with E-state index in [1.165, 1.54) is 0 Å². The molecule has 3 heterocycles. The smallest absolute Gasteiger partial charge is 0.263 e. The predicted molar refractivity (Wildman–Crippen MR) is 96.4 cm³/mol. The molecule has 0 spiro atoms. The maximum absolute atomic E-state index is 12.3. The van der Waals surface area contributed by atoms with Crippen LogP contribution in [0.1, 0.15) is 36.0 Å². The molecule has 2 aliphatic rings. The van der Waals surface area contributed by atoms with Gasteiger partial charge in [-0.1, -0.05) is 18.9 Å². The largest absolute Gasteiger partial charge is 0.456 e. The fourth-order valence-electron chi connectivity index (χ4n) is 3.23. The zero-order chi connectivity index (χ0) is 17.9. The number of aromatic nitrogens is 3. The summed E-state index contributed by atoms with van der Waals surface area (Å²) in [7, 11) is 0. The van der Waals surface area contributed by atoms with Crippen molar-refractivity contribution in [3.63, 3.8) is 0 Å². The molecule has 2 atom stereocenters. The number of pyridine rings is 1. The minimum atomic E-state index is -0.286. The maximum atomic E-state index is 12.3. The molecule has 5 N–H and O–H groups in total. The Kier molecular flexibility index (Phi) is 4.53. The van der Waals surface area contributed by atoms with Crippen LogP contribution < -0.4 is 26.4 Å². The van der Waals surface area contributed by atoms with Crippen molar-refractivity contribution in [1.29, 1.82) is 0 Å². The van der Waals surface area contributed by atoms with Crippen LogP contribution in [0.25, 0.3) is 0 Å². The van der Waals surface area contributed by atoms with Gasteiger partial charge in [0.1, 0.15) is 11.4 Å². The van der Waals surface area contributed by atoms with E-state index in [9.17, 15) is 4.79 Å². The molecule has 2 aromatic rings. The number of carbonyl (C=O) groups is 1. The number of amides is 1. The molecule has 0 saturated heterocycles. The quantitative estimate of drug-likeness (QED) is 0.648. The Balaban J connectivity index is 1.67. The van der Waals surface area contributed by atoms with Gasteiger partial charge in [0.15, 0.2) is 12.5 Å². The van der Waals surface area contributed by atoms with Gasteiger partial charge in [-0.3, -0.25) is 4.79 Å². The number of hydrogen-bond donors (Lipinski definition) is 4. The first kappa shape index (κ1) is 16.5. The van der Waals surface area contributed by atoms with Crippen LogP contribution in [0.4, 0.5) is 17.6 Å². The van der Waals surface area contributed by atoms with Crippen LogP contribution in [-0.4, -0.2) is 39.7 Å². The number of hydrogen-bond acceptors (Lipinski definition) is 8. The molecule has 1 aliphatic heterocycles. The molecule has 136 valence electrons. The van der Waals surface area contributed by atoms with Crippen molar-refractivity contribution in [3.05, 3.63) is 30.0 Å². The first-order valence-electron chi connectivity index (χ1n) is 8.74. The van der Waals surface area contributed by atoms with Gasteiger partial charge in [-0.05, 0) is 25.0 Å².